The Morgan fingerprint density at radius 3 is 2.66 bits per heavy atom. The largest absolute Gasteiger partial charge is 0.497 e. The molecular formula is C21H20N2O4S2. The predicted octanol–water partition coefficient (Wildman–Crippen LogP) is 3.44. The van der Waals surface area contributed by atoms with Crippen molar-refractivity contribution in [2.24, 2.45) is 0 Å². The van der Waals surface area contributed by atoms with E-state index in [1.54, 1.807) is 53.8 Å². The number of nitrogens with zero attached hydrogens (tertiary/aromatic N) is 1. The quantitative estimate of drug-likeness (QED) is 0.653. The van der Waals surface area contributed by atoms with E-state index in [0.717, 1.165) is 23.2 Å². The first-order valence-electron chi connectivity index (χ1n) is 9.09. The number of hydrogen-bond acceptors (Lipinski definition) is 5. The van der Waals surface area contributed by atoms with Gasteiger partial charge >= 0.3 is 0 Å². The van der Waals surface area contributed by atoms with Crippen LogP contribution in [0.1, 0.15) is 21.5 Å². The number of carbonyl (C=O) groups excluding carboxylic acids is 1. The van der Waals surface area contributed by atoms with E-state index in [0.29, 0.717) is 17.9 Å². The van der Waals surface area contributed by atoms with Crippen LogP contribution in [-0.4, -0.2) is 28.0 Å². The average Bonchev–Trinajstić information content (AvgIpc) is 3.42. The normalized spacial score (nSPS) is 13.3. The lowest BCUT2D eigenvalue weighted by molar-refractivity contribution is 0.0989. The molecule has 150 valence electrons. The third-order valence-electron chi connectivity index (χ3n) is 4.85. The summed E-state index contributed by atoms with van der Waals surface area (Å²) in [4.78, 5) is 14.7. The van der Waals surface area contributed by atoms with Gasteiger partial charge in [-0.15, -0.1) is 11.3 Å². The summed E-state index contributed by atoms with van der Waals surface area (Å²) in [7, 11) is -1.95. The maximum atomic E-state index is 13.0. The Hall–Kier alpha value is -2.68. The Morgan fingerprint density at radius 2 is 1.97 bits per heavy atom. The molecule has 1 aliphatic rings. The molecule has 0 radical (unpaired) electrons. The van der Waals surface area contributed by atoms with Crippen molar-refractivity contribution in [1.29, 1.82) is 0 Å². The molecule has 8 heteroatoms. The van der Waals surface area contributed by atoms with Crippen LogP contribution in [0.15, 0.2) is 64.2 Å². The number of amides is 1. The smallest absolute Gasteiger partial charge is 0.258 e. The second kappa shape index (κ2) is 7.98. The van der Waals surface area contributed by atoms with Gasteiger partial charge < -0.3 is 9.64 Å². The van der Waals surface area contributed by atoms with Gasteiger partial charge in [-0.2, -0.15) is 0 Å². The molecule has 1 aliphatic heterocycles. The van der Waals surface area contributed by atoms with E-state index in [4.69, 9.17) is 4.74 Å². The second-order valence-electron chi connectivity index (χ2n) is 6.65. The lowest BCUT2D eigenvalue weighted by Gasteiger charge is -2.18. The van der Waals surface area contributed by atoms with Crippen molar-refractivity contribution in [2.75, 3.05) is 18.6 Å². The van der Waals surface area contributed by atoms with Crippen LogP contribution < -0.4 is 14.4 Å². The van der Waals surface area contributed by atoms with E-state index in [2.05, 4.69) is 4.72 Å². The highest BCUT2D eigenvalue weighted by Crippen LogP contribution is 2.31. The summed E-state index contributed by atoms with van der Waals surface area (Å²) in [6.07, 6.45) is 0.776. The highest BCUT2D eigenvalue weighted by molar-refractivity contribution is 7.91. The number of carbonyl (C=O) groups is 1. The SMILES string of the molecule is COc1ccc(C(=O)N2CCc3ccc(CNS(=O)(=O)c4cccs4)cc32)cc1. The van der Waals surface area contributed by atoms with E-state index in [1.165, 1.54) is 11.3 Å². The van der Waals surface area contributed by atoms with Gasteiger partial charge in [0.1, 0.15) is 9.96 Å². The molecule has 4 rings (SSSR count). The number of ether oxygens (including phenoxy) is 1. The molecule has 0 saturated heterocycles. The Kier molecular flexibility index (Phi) is 5.40. The highest BCUT2D eigenvalue weighted by atomic mass is 32.2. The average molecular weight is 429 g/mol. The monoisotopic (exact) mass is 428 g/mol. The van der Waals surface area contributed by atoms with Crippen LogP contribution in [0.5, 0.6) is 5.75 Å². The molecule has 0 bridgehead atoms. The lowest BCUT2D eigenvalue weighted by atomic mass is 10.1. The van der Waals surface area contributed by atoms with E-state index < -0.39 is 10.0 Å². The summed E-state index contributed by atoms with van der Waals surface area (Å²) < 4.78 is 32.7. The van der Waals surface area contributed by atoms with Crippen molar-refractivity contribution in [3.63, 3.8) is 0 Å². The third-order valence-corrected chi connectivity index (χ3v) is 7.65. The predicted molar refractivity (Wildman–Crippen MR) is 113 cm³/mol. The molecule has 3 aromatic rings. The van der Waals surface area contributed by atoms with E-state index in [1.807, 2.05) is 18.2 Å². The molecule has 6 nitrogen and oxygen atoms in total. The zero-order valence-corrected chi connectivity index (χ0v) is 17.4. The molecule has 1 aromatic heterocycles. The second-order valence-corrected chi connectivity index (χ2v) is 9.60. The van der Waals surface area contributed by atoms with Gasteiger partial charge in [0.15, 0.2) is 0 Å². The van der Waals surface area contributed by atoms with Crippen molar-refractivity contribution in [1.82, 2.24) is 4.72 Å². The summed E-state index contributed by atoms with van der Waals surface area (Å²) >= 11 is 1.18. The molecular weight excluding hydrogens is 408 g/mol. The Labute approximate surface area is 173 Å². The summed E-state index contributed by atoms with van der Waals surface area (Å²) in [5.74, 6) is 0.617. The molecule has 0 unspecified atom stereocenters. The van der Waals surface area contributed by atoms with Crippen molar-refractivity contribution in [3.05, 3.63) is 76.7 Å². The summed E-state index contributed by atoms with van der Waals surface area (Å²) in [5.41, 5.74) is 3.30. The van der Waals surface area contributed by atoms with Crippen molar-refractivity contribution < 1.29 is 17.9 Å². The minimum Gasteiger partial charge on any atom is -0.497 e. The van der Waals surface area contributed by atoms with Crippen molar-refractivity contribution in [2.45, 2.75) is 17.2 Å². The van der Waals surface area contributed by atoms with Gasteiger partial charge in [-0.3, -0.25) is 4.79 Å². The van der Waals surface area contributed by atoms with E-state index in [9.17, 15) is 13.2 Å². The zero-order chi connectivity index (χ0) is 20.4. The first-order valence-corrected chi connectivity index (χ1v) is 11.4. The Morgan fingerprint density at radius 1 is 1.17 bits per heavy atom. The number of hydrogen-bond donors (Lipinski definition) is 1. The first-order chi connectivity index (χ1) is 14.0. The number of fused-ring (bicyclic) bond motifs is 1. The third kappa shape index (κ3) is 4.05. The van der Waals surface area contributed by atoms with Crippen molar-refractivity contribution in [3.8, 4) is 5.75 Å². The fourth-order valence-corrected chi connectivity index (χ4v) is 5.36. The van der Waals surface area contributed by atoms with Crippen LogP contribution in [0, 0.1) is 0 Å². The Bertz CT molecular complexity index is 1120. The van der Waals surface area contributed by atoms with Gasteiger partial charge in [-0.25, -0.2) is 13.1 Å². The zero-order valence-electron chi connectivity index (χ0n) is 15.8. The van der Waals surface area contributed by atoms with Gasteiger partial charge in [-0.1, -0.05) is 18.2 Å². The Balaban J connectivity index is 1.52. The molecule has 0 aliphatic carbocycles. The van der Waals surface area contributed by atoms with Crippen LogP contribution >= 0.6 is 11.3 Å². The molecule has 0 saturated carbocycles. The molecule has 0 fully saturated rings. The minimum absolute atomic E-state index is 0.0808. The number of sulfonamides is 1. The number of nitrogens with one attached hydrogen (secondary N) is 1. The van der Waals surface area contributed by atoms with Crippen LogP contribution in [0.2, 0.25) is 0 Å². The lowest BCUT2D eigenvalue weighted by Crippen LogP contribution is -2.29. The van der Waals surface area contributed by atoms with Crippen LogP contribution in [0.25, 0.3) is 0 Å². The van der Waals surface area contributed by atoms with Crippen LogP contribution in [0.4, 0.5) is 5.69 Å². The number of methoxy groups -OCH3 is 1. The van der Waals surface area contributed by atoms with Gasteiger partial charge in [0, 0.05) is 24.3 Å². The fourth-order valence-electron chi connectivity index (χ4n) is 3.30. The number of anilines is 1. The summed E-state index contributed by atoms with van der Waals surface area (Å²) in [6.45, 7) is 0.767. The number of benzene rings is 2. The molecule has 0 spiro atoms. The molecule has 2 aromatic carbocycles. The minimum atomic E-state index is -3.53. The standard InChI is InChI=1S/C21H20N2O4S2/c1-27-18-8-6-17(7-9-18)21(24)23-11-10-16-5-4-15(13-19(16)23)14-22-29(25,26)20-3-2-12-28-20/h2-9,12-13,22H,10-11,14H2,1H3. The highest BCUT2D eigenvalue weighted by Gasteiger charge is 2.26. The summed E-state index contributed by atoms with van der Waals surface area (Å²) in [6, 6.07) is 16.1. The van der Waals surface area contributed by atoms with Gasteiger partial charge in [0.2, 0.25) is 10.0 Å². The molecule has 29 heavy (non-hydrogen) atoms. The van der Waals surface area contributed by atoms with Gasteiger partial charge in [0.25, 0.3) is 5.91 Å². The summed E-state index contributed by atoms with van der Waals surface area (Å²) in [5, 5.41) is 1.73. The van der Waals surface area contributed by atoms with Crippen LogP contribution in [-0.2, 0) is 23.0 Å². The fraction of sp³-hybridized carbons (Fsp3) is 0.190. The number of rotatable bonds is 6. The van der Waals surface area contributed by atoms with Crippen molar-refractivity contribution >= 4 is 33.0 Å². The maximum absolute atomic E-state index is 13.0. The molecule has 1 amide bonds. The van der Waals surface area contributed by atoms with E-state index in [-0.39, 0.29) is 16.7 Å². The number of thiophene rings is 1. The topological polar surface area (TPSA) is 75.7 Å². The van der Waals surface area contributed by atoms with Gasteiger partial charge in [0.05, 0.1) is 7.11 Å². The van der Waals surface area contributed by atoms with Crippen LogP contribution in [0.3, 0.4) is 0 Å². The van der Waals surface area contributed by atoms with E-state index >= 15 is 0 Å². The van der Waals surface area contributed by atoms with Gasteiger partial charge in [-0.05, 0) is 59.3 Å². The first kappa shape index (κ1) is 19.6. The molecule has 1 N–H and O–H groups in total. The molecule has 0 atom stereocenters. The molecule has 2 heterocycles. The maximum Gasteiger partial charge on any atom is 0.258 e.